The molecule has 3 N–H and O–H groups in total. The van der Waals surface area contributed by atoms with Gasteiger partial charge in [-0.1, -0.05) is 26.3 Å². The summed E-state index contributed by atoms with van der Waals surface area (Å²) in [5, 5.41) is 2.73. The molecule has 5 rings (SSSR count). The number of carbonyl (C=O) groups excluding carboxylic acids is 3. The van der Waals surface area contributed by atoms with E-state index in [0.29, 0.717) is 48.3 Å². The second-order valence-electron chi connectivity index (χ2n) is 15.1. The maximum Gasteiger partial charge on any atom is 0.294 e. The molecule has 308 valence electrons. The van der Waals surface area contributed by atoms with Gasteiger partial charge in [0, 0.05) is 84.9 Å². The van der Waals surface area contributed by atoms with Gasteiger partial charge in [-0.05, 0) is 68.7 Å². The van der Waals surface area contributed by atoms with Gasteiger partial charge >= 0.3 is 0 Å². The van der Waals surface area contributed by atoms with Crippen LogP contribution in [0, 0.1) is 0 Å². The maximum absolute atomic E-state index is 12.4. The number of hydrogen-bond donors (Lipinski definition) is 3. The Balaban J connectivity index is 1.38. The lowest BCUT2D eigenvalue weighted by Gasteiger charge is -2.27. The number of benzene rings is 2. The number of hydrogen-bond acceptors (Lipinski definition) is 11. The summed E-state index contributed by atoms with van der Waals surface area (Å²) >= 11 is 0. The molecule has 57 heavy (non-hydrogen) atoms. The maximum atomic E-state index is 12.4. The van der Waals surface area contributed by atoms with Gasteiger partial charge in [0.1, 0.15) is 6.54 Å². The number of anilines is 1. The fourth-order valence-corrected chi connectivity index (χ4v) is 9.02. The van der Waals surface area contributed by atoms with E-state index < -0.39 is 58.8 Å². The summed E-state index contributed by atoms with van der Waals surface area (Å²) in [4.78, 5) is 38.4. The Labute approximate surface area is 332 Å². The first-order valence-electron chi connectivity index (χ1n) is 18.2. The normalized spacial score (nSPS) is 18.3. The topological polar surface area (TPSA) is 239 Å². The second kappa shape index (κ2) is 16.4. The molecular formula is C38H46N4O12S3. The Morgan fingerprint density at radius 1 is 0.807 bits per heavy atom. The Bertz CT molecular complexity index is 2430. The number of nitrogens with one attached hydrogen (secondary N) is 1. The Morgan fingerprint density at radius 2 is 1.42 bits per heavy atom. The molecule has 0 spiro atoms. The predicted octanol–water partition coefficient (Wildman–Crippen LogP) is 3.33. The highest BCUT2D eigenvalue weighted by Crippen LogP contribution is 2.49. The van der Waals surface area contributed by atoms with Gasteiger partial charge in [0.25, 0.3) is 32.1 Å². The van der Waals surface area contributed by atoms with Gasteiger partial charge in [0.2, 0.25) is 11.6 Å². The summed E-state index contributed by atoms with van der Waals surface area (Å²) < 4.78 is 104. The van der Waals surface area contributed by atoms with Crippen LogP contribution in [0.2, 0.25) is 0 Å². The number of imide groups is 1. The van der Waals surface area contributed by atoms with Crippen molar-refractivity contribution >= 4 is 65.2 Å². The number of nitrogens with zero attached hydrogens (tertiary/aromatic N) is 3. The minimum absolute atomic E-state index is 0.00789. The van der Waals surface area contributed by atoms with Crippen molar-refractivity contribution in [3.63, 3.8) is 0 Å². The Hall–Kier alpha value is -4.53. The van der Waals surface area contributed by atoms with Gasteiger partial charge < -0.3 is 14.8 Å². The Morgan fingerprint density at radius 3 is 2.04 bits per heavy atom. The van der Waals surface area contributed by atoms with E-state index in [1.54, 1.807) is 18.2 Å². The highest BCUT2D eigenvalue weighted by molar-refractivity contribution is 7.86. The van der Waals surface area contributed by atoms with Crippen molar-refractivity contribution in [1.29, 1.82) is 0 Å². The first-order chi connectivity index (χ1) is 26.4. The average molecular weight is 847 g/mol. The van der Waals surface area contributed by atoms with Crippen LogP contribution in [0.3, 0.4) is 0 Å². The monoisotopic (exact) mass is 846 g/mol. The summed E-state index contributed by atoms with van der Waals surface area (Å²) in [5.74, 6) is -1.67. The molecule has 0 radical (unpaired) electrons. The van der Waals surface area contributed by atoms with E-state index in [9.17, 15) is 53.3 Å². The third-order valence-electron chi connectivity index (χ3n) is 10.5. The highest BCUT2D eigenvalue weighted by Gasteiger charge is 2.45. The van der Waals surface area contributed by atoms with Gasteiger partial charge in [-0.2, -0.15) is 21.4 Å². The van der Waals surface area contributed by atoms with Crippen LogP contribution in [0.1, 0.15) is 70.9 Å². The van der Waals surface area contributed by atoms with Crippen molar-refractivity contribution in [3.8, 4) is 0 Å². The lowest BCUT2D eigenvalue weighted by Crippen LogP contribution is -2.38. The molecule has 0 unspecified atom stereocenters. The first-order valence-corrected chi connectivity index (χ1v) is 22.7. The molecule has 0 aromatic heterocycles. The molecule has 0 aliphatic carbocycles. The van der Waals surface area contributed by atoms with Crippen LogP contribution in [0.25, 0.3) is 0 Å². The van der Waals surface area contributed by atoms with Crippen LogP contribution in [-0.4, -0.2) is 104 Å². The van der Waals surface area contributed by atoms with Gasteiger partial charge in [-0.3, -0.25) is 28.4 Å². The van der Waals surface area contributed by atoms with Crippen molar-refractivity contribution in [2.24, 2.45) is 0 Å². The van der Waals surface area contributed by atoms with Gasteiger partial charge in [0.15, 0.2) is 5.71 Å². The summed E-state index contributed by atoms with van der Waals surface area (Å²) in [7, 11) is -13.6. The van der Waals surface area contributed by atoms with E-state index >= 15 is 0 Å². The van der Waals surface area contributed by atoms with Crippen molar-refractivity contribution in [2.75, 3.05) is 36.8 Å². The summed E-state index contributed by atoms with van der Waals surface area (Å²) in [6.07, 6.45) is 9.88. The van der Waals surface area contributed by atoms with Crippen molar-refractivity contribution in [1.82, 2.24) is 10.2 Å². The third-order valence-corrected chi connectivity index (χ3v) is 12.9. The SMILES string of the molecule is CC1(C)C(/C=C/C=C2/N(CCCCCC(=O)NCCN3C(=O)C=CC3=O)c3ccc(S(=O)(=O)O)cc3C2(C)C)=[N+](CCCS(=O)(=O)[O-])c2ccc(S(=O)(=O)O)cc21. The van der Waals surface area contributed by atoms with Gasteiger partial charge in [0.05, 0.1) is 25.3 Å². The zero-order valence-electron chi connectivity index (χ0n) is 32.0. The number of allylic oxidation sites excluding steroid dienone is 4. The van der Waals surface area contributed by atoms with E-state index in [4.69, 9.17) is 0 Å². The quantitative estimate of drug-likeness (QED) is 0.0898. The summed E-state index contributed by atoms with van der Waals surface area (Å²) in [6, 6.07) is 8.54. The van der Waals surface area contributed by atoms with E-state index in [2.05, 4.69) is 5.32 Å². The number of rotatable bonds is 17. The van der Waals surface area contributed by atoms with Crippen LogP contribution >= 0.6 is 0 Å². The summed E-state index contributed by atoms with van der Waals surface area (Å²) in [5.41, 5.74) is 2.36. The fraction of sp³-hybridized carbons (Fsp3) is 0.421. The number of carbonyl (C=O) groups is 3. The van der Waals surface area contributed by atoms with E-state index in [0.717, 1.165) is 16.3 Å². The minimum Gasteiger partial charge on any atom is -0.748 e. The number of unbranched alkanes of at least 4 members (excludes halogenated alkanes) is 2. The van der Waals surface area contributed by atoms with Crippen LogP contribution < -0.4 is 10.2 Å². The third kappa shape index (κ3) is 9.78. The molecule has 3 heterocycles. The number of fused-ring (bicyclic) bond motifs is 2. The molecule has 2 aromatic rings. The van der Waals surface area contributed by atoms with E-state index in [1.807, 2.05) is 43.2 Å². The zero-order valence-corrected chi connectivity index (χ0v) is 34.4. The van der Waals surface area contributed by atoms with Crippen LogP contribution in [0.15, 0.2) is 82.3 Å². The molecule has 0 fully saturated rings. The molecule has 3 aliphatic rings. The molecule has 3 aliphatic heterocycles. The molecular weight excluding hydrogens is 801 g/mol. The Kier molecular flexibility index (Phi) is 12.5. The molecule has 0 bridgehead atoms. The minimum atomic E-state index is -4.54. The molecule has 0 atom stereocenters. The molecule has 0 saturated heterocycles. The fourth-order valence-electron chi connectivity index (χ4n) is 7.52. The second-order valence-corrected chi connectivity index (χ2v) is 19.5. The molecule has 2 aromatic carbocycles. The van der Waals surface area contributed by atoms with Crippen molar-refractivity contribution in [2.45, 2.75) is 80.4 Å². The lowest BCUT2D eigenvalue weighted by molar-refractivity contribution is -0.437. The van der Waals surface area contributed by atoms with Crippen molar-refractivity contribution < 1.29 is 57.9 Å². The van der Waals surface area contributed by atoms with E-state index in [-0.39, 0.29) is 48.2 Å². The van der Waals surface area contributed by atoms with Crippen LogP contribution in [0.5, 0.6) is 0 Å². The molecule has 16 nitrogen and oxygen atoms in total. The zero-order chi connectivity index (χ0) is 42.1. The molecule has 0 saturated carbocycles. The van der Waals surface area contributed by atoms with E-state index in [1.165, 1.54) is 42.5 Å². The van der Waals surface area contributed by atoms with Gasteiger partial charge in [-0.25, -0.2) is 8.42 Å². The van der Waals surface area contributed by atoms with Crippen LogP contribution in [-0.2, 0) is 55.6 Å². The smallest absolute Gasteiger partial charge is 0.294 e. The average Bonchev–Trinajstić information content (AvgIpc) is 3.62. The molecule has 19 heteroatoms. The van der Waals surface area contributed by atoms with Crippen molar-refractivity contribution in [3.05, 3.63) is 83.6 Å². The lowest BCUT2D eigenvalue weighted by atomic mass is 9.81. The largest absolute Gasteiger partial charge is 0.748 e. The van der Waals surface area contributed by atoms with Gasteiger partial charge in [-0.15, -0.1) is 0 Å². The number of amides is 3. The highest BCUT2D eigenvalue weighted by atomic mass is 32.2. The predicted molar refractivity (Wildman–Crippen MR) is 209 cm³/mol. The molecule has 3 amide bonds. The van der Waals surface area contributed by atoms with Crippen LogP contribution in [0.4, 0.5) is 11.4 Å². The summed E-state index contributed by atoms with van der Waals surface area (Å²) in [6.45, 7) is 8.34. The first kappa shape index (κ1) is 43.6. The standard InChI is InChI=1S/C38H46N4O12S3/c1-37(2)28-24-26(56(49,50)51)13-15-30(28)40(20-7-5-6-12-34(43)39-19-22-42-35(44)17-18-36(42)45)32(37)10-8-11-33-38(3,4)29-25-27(57(52,53)54)14-16-31(29)41(33)21-9-23-55(46,47)48/h8,10-11,13-18,24-25H,5-7,9,12,19-23H2,1-4H3,(H3-,39,43,46,47,48,49,50,51,52,53,54).